The maximum atomic E-state index is 10.8. The molecule has 4 N–H and O–H groups in total. The number of nitrogens with two attached hydrogens (primary N) is 1. The molecular formula is C10H21N3O4. The normalized spacial score (nSPS) is 21.8. The first kappa shape index (κ1) is 14.2. The first-order chi connectivity index (χ1) is 8.19. The molecule has 1 rings (SSSR count). The Balaban J connectivity index is 2.32. The maximum Gasteiger partial charge on any atom is 0.407 e. The zero-order valence-corrected chi connectivity index (χ0v) is 9.92. The van der Waals surface area contributed by atoms with Gasteiger partial charge in [0.2, 0.25) is 0 Å². The van der Waals surface area contributed by atoms with E-state index in [1.807, 2.05) is 0 Å². The maximum absolute atomic E-state index is 10.8. The number of carbonyl (C=O) groups is 1. The zero-order valence-electron chi connectivity index (χ0n) is 9.92. The number of rotatable bonds is 6. The monoisotopic (exact) mass is 247 g/mol. The van der Waals surface area contributed by atoms with Crippen molar-refractivity contribution in [1.82, 2.24) is 9.80 Å². The first-order valence-electron chi connectivity index (χ1n) is 5.79. The van der Waals surface area contributed by atoms with Crippen molar-refractivity contribution in [2.45, 2.75) is 6.04 Å². The van der Waals surface area contributed by atoms with E-state index in [-0.39, 0.29) is 12.6 Å². The Kier molecular flexibility index (Phi) is 6.20. The van der Waals surface area contributed by atoms with Gasteiger partial charge in [-0.05, 0) is 0 Å². The van der Waals surface area contributed by atoms with Crippen molar-refractivity contribution >= 4 is 6.09 Å². The lowest BCUT2D eigenvalue weighted by atomic mass is 10.1. The topological polar surface area (TPSA) is 99.3 Å². The molecule has 1 amide bonds. The molecule has 1 unspecified atom stereocenters. The van der Waals surface area contributed by atoms with E-state index in [4.69, 9.17) is 20.7 Å². The van der Waals surface area contributed by atoms with Crippen molar-refractivity contribution in [3.63, 3.8) is 0 Å². The van der Waals surface area contributed by atoms with Crippen molar-refractivity contribution in [1.29, 1.82) is 0 Å². The van der Waals surface area contributed by atoms with E-state index in [1.165, 1.54) is 4.90 Å². The minimum Gasteiger partial charge on any atom is -0.465 e. The molecule has 100 valence electrons. The molecule has 0 saturated carbocycles. The van der Waals surface area contributed by atoms with Gasteiger partial charge in [-0.3, -0.25) is 4.90 Å². The van der Waals surface area contributed by atoms with Crippen LogP contribution in [0.2, 0.25) is 0 Å². The largest absolute Gasteiger partial charge is 0.465 e. The Labute approximate surface area is 101 Å². The Hall–Kier alpha value is -0.890. The van der Waals surface area contributed by atoms with Crippen LogP contribution < -0.4 is 5.73 Å². The minimum absolute atomic E-state index is 0.0209. The molecule has 0 spiro atoms. The van der Waals surface area contributed by atoms with Gasteiger partial charge >= 0.3 is 6.09 Å². The minimum atomic E-state index is -0.889. The molecule has 7 nitrogen and oxygen atoms in total. The van der Waals surface area contributed by atoms with Crippen LogP contribution in [0, 0.1) is 0 Å². The van der Waals surface area contributed by atoms with Crippen LogP contribution in [-0.4, -0.2) is 84.7 Å². The molecular weight excluding hydrogens is 226 g/mol. The summed E-state index contributed by atoms with van der Waals surface area (Å²) in [7, 11) is 0. The molecule has 1 aliphatic heterocycles. The second-order valence-electron chi connectivity index (χ2n) is 3.99. The third-order valence-corrected chi connectivity index (χ3v) is 2.91. The summed E-state index contributed by atoms with van der Waals surface area (Å²) in [5, 5.41) is 17.5. The Morgan fingerprint density at radius 3 is 2.76 bits per heavy atom. The van der Waals surface area contributed by atoms with Crippen LogP contribution in [0.25, 0.3) is 0 Å². The van der Waals surface area contributed by atoms with Gasteiger partial charge in [0, 0.05) is 38.8 Å². The summed E-state index contributed by atoms with van der Waals surface area (Å²) >= 11 is 0. The van der Waals surface area contributed by atoms with E-state index in [0.717, 1.165) is 6.54 Å². The molecule has 0 bridgehead atoms. The number of aliphatic hydroxyl groups excluding tert-OH is 1. The number of carboxylic acid groups (broad SMARTS) is 1. The summed E-state index contributed by atoms with van der Waals surface area (Å²) in [6.45, 7) is 3.67. The summed E-state index contributed by atoms with van der Waals surface area (Å²) in [5.41, 5.74) is 5.64. The standard InChI is InChI=1S/C10H21N3O4/c11-7-9-8-13(10(15)16)2-1-12(9)3-5-17-6-4-14/h9,14H,1-8,11H2,(H,15,16). The number of amides is 1. The number of ether oxygens (including phenoxy) is 1. The van der Waals surface area contributed by atoms with E-state index in [0.29, 0.717) is 39.4 Å². The molecule has 0 aliphatic carbocycles. The van der Waals surface area contributed by atoms with Gasteiger partial charge in [-0.15, -0.1) is 0 Å². The Bertz CT molecular complexity index is 240. The summed E-state index contributed by atoms with van der Waals surface area (Å²) in [5.74, 6) is 0. The molecule has 0 aromatic carbocycles. The van der Waals surface area contributed by atoms with E-state index >= 15 is 0 Å². The van der Waals surface area contributed by atoms with Crippen molar-refractivity contribution in [2.24, 2.45) is 5.73 Å². The fourth-order valence-electron chi connectivity index (χ4n) is 1.93. The highest BCUT2D eigenvalue weighted by molar-refractivity contribution is 5.65. The van der Waals surface area contributed by atoms with E-state index in [9.17, 15) is 4.79 Å². The van der Waals surface area contributed by atoms with Gasteiger partial charge in [-0.1, -0.05) is 0 Å². The predicted octanol–water partition coefficient (Wildman–Crippen LogP) is -1.38. The Morgan fingerprint density at radius 1 is 1.41 bits per heavy atom. The van der Waals surface area contributed by atoms with E-state index < -0.39 is 6.09 Å². The van der Waals surface area contributed by atoms with Crippen molar-refractivity contribution in [3.8, 4) is 0 Å². The molecule has 1 saturated heterocycles. The van der Waals surface area contributed by atoms with Gasteiger partial charge in [0.1, 0.15) is 0 Å². The first-order valence-corrected chi connectivity index (χ1v) is 5.79. The quantitative estimate of drug-likeness (QED) is 0.500. The molecule has 0 radical (unpaired) electrons. The molecule has 1 aliphatic rings. The van der Waals surface area contributed by atoms with Crippen LogP contribution >= 0.6 is 0 Å². The average Bonchev–Trinajstić information content (AvgIpc) is 2.34. The fraction of sp³-hybridized carbons (Fsp3) is 0.900. The van der Waals surface area contributed by atoms with Gasteiger partial charge in [0.15, 0.2) is 0 Å². The summed E-state index contributed by atoms with van der Waals surface area (Å²) in [6.07, 6.45) is -0.889. The molecule has 0 aromatic rings. The second-order valence-corrected chi connectivity index (χ2v) is 3.99. The van der Waals surface area contributed by atoms with Crippen LogP contribution in [-0.2, 0) is 4.74 Å². The lowest BCUT2D eigenvalue weighted by Gasteiger charge is -2.39. The fourth-order valence-corrected chi connectivity index (χ4v) is 1.93. The predicted molar refractivity (Wildman–Crippen MR) is 61.9 cm³/mol. The molecule has 0 aromatic heterocycles. The van der Waals surface area contributed by atoms with Crippen LogP contribution in [0.3, 0.4) is 0 Å². The molecule has 1 atom stereocenters. The van der Waals surface area contributed by atoms with Crippen LogP contribution in [0.1, 0.15) is 0 Å². The smallest absolute Gasteiger partial charge is 0.407 e. The van der Waals surface area contributed by atoms with E-state index in [1.54, 1.807) is 0 Å². The van der Waals surface area contributed by atoms with Gasteiger partial charge in [0.25, 0.3) is 0 Å². The summed E-state index contributed by atoms with van der Waals surface area (Å²) < 4.78 is 5.19. The SMILES string of the molecule is NCC1CN(C(=O)O)CCN1CCOCCO. The molecule has 7 heteroatoms. The highest BCUT2D eigenvalue weighted by Gasteiger charge is 2.27. The molecule has 17 heavy (non-hydrogen) atoms. The van der Waals surface area contributed by atoms with Crippen LogP contribution in [0.4, 0.5) is 4.79 Å². The average molecular weight is 247 g/mol. The number of nitrogens with zero attached hydrogens (tertiary/aromatic N) is 2. The highest BCUT2D eigenvalue weighted by Crippen LogP contribution is 2.08. The van der Waals surface area contributed by atoms with Crippen molar-refractivity contribution in [3.05, 3.63) is 0 Å². The van der Waals surface area contributed by atoms with Crippen LogP contribution in [0.5, 0.6) is 0 Å². The van der Waals surface area contributed by atoms with Gasteiger partial charge < -0.3 is 25.6 Å². The molecule has 1 fully saturated rings. The lowest BCUT2D eigenvalue weighted by molar-refractivity contribution is 0.0346. The zero-order chi connectivity index (χ0) is 12.7. The third kappa shape index (κ3) is 4.47. The van der Waals surface area contributed by atoms with Crippen molar-refractivity contribution in [2.75, 3.05) is 52.5 Å². The summed E-state index contributed by atoms with van der Waals surface area (Å²) in [4.78, 5) is 14.4. The van der Waals surface area contributed by atoms with E-state index in [2.05, 4.69) is 4.90 Å². The number of hydrogen-bond donors (Lipinski definition) is 3. The van der Waals surface area contributed by atoms with Gasteiger partial charge in [-0.25, -0.2) is 4.79 Å². The van der Waals surface area contributed by atoms with Gasteiger partial charge in [0.05, 0.1) is 19.8 Å². The van der Waals surface area contributed by atoms with Crippen molar-refractivity contribution < 1.29 is 19.7 Å². The number of hydrogen-bond acceptors (Lipinski definition) is 5. The Morgan fingerprint density at radius 2 is 2.18 bits per heavy atom. The van der Waals surface area contributed by atoms with Gasteiger partial charge in [-0.2, -0.15) is 0 Å². The highest BCUT2D eigenvalue weighted by atomic mass is 16.5. The second kappa shape index (κ2) is 7.44. The van der Waals surface area contributed by atoms with Crippen LogP contribution in [0.15, 0.2) is 0 Å². The molecule has 1 heterocycles. The number of aliphatic hydroxyl groups is 1. The lowest BCUT2D eigenvalue weighted by Crippen LogP contribution is -2.57. The number of piperazine rings is 1. The summed E-state index contributed by atoms with van der Waals surface area (Å²) in [6, 6.07) is 0.0533. The third-order valence-electron chi connectivity index (χ3n) is 2.91.